The minimum atomic E-state index is -0.108. The highest BCUT2D eigenvalue weighted by atomic mass is 35.5. The third kappa shape index (κ3) is 3.79. The number of hydrogen-bond acceptors (Lipinski definition) is 5. The van der Waals surface area contributed by atoms with Gasteiger partial charge in [0.1, 0.15) is 17.0 Å². The molecule has 29 heavy (non-hydrogen) atoms. The lowest BCUT2D eigenvalue weighted by molar-refractivity contribution is 0.473. The lowest BCUT2D eigenvalue weighted by Crippen LogP contribution is -1.84. The van der Waals surface area contributed by atoms with Crippen molar-refractivity contribution in [3.05, 3.63) is 69.2 Å². The highest BCUT2D eigenvalue weighted by Crippen LogP contribution is 2.35. The maximum atomic E-state index is 10.3. The van der Waals surface area contributed by atoms with Gasteiger partial charge in [-0.15, -0.1) is 0 Å². The van der Waals surface area contributed by atoms with Gasteiger partial charge < -0.3 is 14.6 Å². The molecule has 4 aromatic rings. The Bertz CT molecular complexity index is 1240. The van der Waals surface area contributed by atoms with Crippen LogP contribution in [0.1, 0.15) is 16.7 Å². The van der Waals surface area contributed by atoms with Crippen LogP contribution in [-0.4, -0.2) is 21.4 Å². The second kappa shape index (κ2) is 7.43. The van der Waals surface area contributed by atoms with Crippen LogP contribution >= 0.6 is 23.2 Å². The molecule has 0 fully saturated rings. The van der Waals surface area contributed by atoms with E-state index in [0.717, 1.165) is 16.6 Å². The van der Waals surface area contributed by atoms with E-state index >= 15 is 0 Å². The van der Waals surface area contributed by atoms with Crippen molar-refractivity contribution in [3.8, 4) is 23.0 Å². The van der Waals surface area contributed by atoms with E-state index in [1.807, 2.05) is 26.0 Å². The number of aliphatic imine (C=N–C) groups is 1. The molecule has 1 aromatic heterocycles. The maximum Gasteiger partial charge on any atom is 0.231 e. The Hall–Kier alpha value is -3.02. The fourth-order valence-corrected chi connectivity index (χ4v) is 3.41. The first-order chi connectivity index (χ1) is 13.8. The zero-order valence-corrected chi connectivity index (χ0v) is 17.1. The molecule has 4 rings (SSSR count). The first kappa shape index (κ1) is 19.3. The van der Waals surface area contributed by atoms with E-state index in [4.69, 9.17) is 27.6 Å². The lowest BCUT2D eigenvalue weighted by atomic mass is 10.1. The van der Waals surface area contributed by atoms with E-state index in [2.05, 4.69) is 9.98 Å². The Kier molecular flexibility index (Phi) is 4.94. The minimum absolute atomic E-state index is 0.0256. The smallest absolute Gasteiger partial charge is 0.231 e. The number of phenolic OH excluding ortho intramolecular Hbond substituents is 2. The molecule has 2 N–H and O–H groups in total. The molecule has 0 amide bonds. The number of aromatic hydroxyl groups is 2. The Balaban J connectivity index is 1.73. The second-order valence-corrected chi connectivity index (χ2v) is 7.55. The monoisotopic (exact) mass is 426 g/mol. The van der Waals surface area contributed by atoms with Gasteiger partial charge in [-0.05, 0) is 67.4 Å². The number of halogens is 2. The molecule has 3 aromatic carbocycles. The van der Waals surface area contributed by atoms with Crippen molar-refractivity contribution in [2.75, 3.05) is 0 Å². The van der Waals surface area contributed by atoms with Crippen LogP contribution < -0.4 is 0 Å². The molecular weight excluding hydrogens is 411 g/mol. The van der Waals surface area contributed by atoms with Crippen molar-refractivity contribution in [3.63, 3.8) is 0 Å². The van der Waals surface area contributed by atoms with Crippen LogP contribution in [-0.2, 0) is 0 Å². The number of oxazole rings is 1. The zero-order valence-electron chi connectivity index (χ0n) is 15.6. The number of rotatable bonds is 3. The molecule has 0 radical (unpaired) electrons. The van der Waals surface area contributed by atoms with Crippen LogP contribution in [0.15, 0.2) is 51.9 Å². The minimum Gasteiger partial charge on any atom is -0.507 e. The fraction of sp³-hybridized carbons (Fsp3) is 0.0909. The molecule has 0 aliphatic carbocycles. The molecule has 1 heterocycles. The van der Waals surface area contributed by atoms with Gasteiger partial charge in [-0.1, -0.05) is 23.2 Å². The maximum absolute atomic E-state index is 10.3. The van der Waals surface area contributed by atoms with E-state index in [0.29, 0.717) is 33.3 Å². The summed E-state index contributed by atoms with van der Waals surface area (Å²) in [6.45, 7) is 4.01. The summed E-state index contributed by atoms with van der Waals surface area (Å²) < 4.78 is 5.84. The molecule has 0 aliphatic rings. The Labute approximate surface area is 176 Å². The van der Waals surface area contributed by atoms with Gasteiger partial charge in [-0.25, -0.2) is 4.98 Å². The molecule has 0 spiro atoms. The average Bonchev–Trinajstić information content (AvgIpc) is 3.07. The van der Waals surface area contributed by atoms with Gasteiger partial charge in [0.15, 0.2) is 5.58 Å². The number of aromatic nitrogens is 1. The van der Waals surface area contributed by atoms with Crippen LogP contribution in [0.2, 0.25) is 10.0 Å². The van der Waals surface area contributed by atoms with E-state index in [-0.39, 0.29) is 16.5 Å². The van der Waals surface area contributed by atoms with Gasteiger partial charge in [0.25, 0.3) is 0 Å². The van der Waals surface area contributed by atoms with Crippen molar-refractivity contribution >= 4 is 46.2 Å². The first-order valence-corrected chi connectivity index (χ1v) is 9.50. The van der Waals surface area contributed by atoms with Gasteiger partial charge in [0.05, 0.1) is 16.3 Å². The zero-order chi connectivity index (χ0) is 20.7. The highest BCUT2D eigenvalue weighted by Gasteiger charge is 2.14. The molecule has 0 bridgehead atoms. The number of aryl methyl sites for hydroxylation is 2. The van der Waals surface area contributed by atoms with Crippen molar-refractivity contribution in [1.29, 1.82) is 0 Å². The highest BCUT2D eigenvalue weighted by molar-refractivity contribution is 6.36. The summed E-state index contributed by atoms with van der Waals surface area (Å²) in [6, 6.07) is 11.7. The number of hydrogen-bond donors (Lipinski definition) is 2. The third-order valence-electron chi connectivity index (χ3n) is 4.62. The first-order valence-electron chi connectivity index (χ1n) is 8.75. The summed E-state index contributed by atoms with van der Waals surface area (Å²) in [5, 5.41) is 20.9. The van der Waals surface area contributed by atoms with Gasteiger partial charge in [-0.2, -0.15) is 0 Å². The summed E-state index contributed by atoms with van der Waals surface area (Å²) in [4.78, 5) is 8.84. The van der Waals surface area contributed by atoms with Gasteiger partial charge in [0, 0.05) is 16.8 Å². The van der Waals surface area contributed by atoms with E-state index in [9.17, 15) is 10.2 Å². The Morgan fingerprint density at radius 2 is 1.76 bits per heavy atom. The van der Waals surface area contributed by atoms with Crippen LogP contribution in [0.3, 0.4) is 0 Å². The normalized spacial score (nSPS) is 11.6. The number of fused-ring (bicyclic) bond motifs is 1. The molecular formula is C22H16Cl2N2O3. The van der Waals surface area contributed by atoms with Crippen molar-refractivity contribution in [1.82, 2.24) is 4.98 Å². The SMILES string of the molecule is Cc1cc2nc(-c3cc(N=Cc4cc(Cl)cc(Cl)c4O)ccc3O)oc2cc1C. The second-order valence-electron chi connectivity index (χ2n) is 6.71. The van der Waals surface area contributed by atoms with E-state index in [1.54, 1.807) is 18.2 Å². The summed E-state index contributed by atoms with van der Waals surface area (Å²) in [6.07, 6.45) is 1.45. The fourth-order valence-electron chi connectivity index (χ4n) is 2.90. The number of nitrogens with zero attached hydrogens (tertiary/aromatic N) is 2. The summed E-state index contributed by atoms with van der Waals surface area (Å²) in [5.41, 5.74) is 4.90. The topological polar surface area (TPSA) is 78.9 Å². The Morgan fingerprint density at radius 3 is 2.55 bits per heavy atom. The van der Waals surface area contributed by atoms with Crippen molar-refractivity contribution < 1.29 is 14.6 Å². The van der Waals surface area contributed by atoms with Crippen LogP contribution in [0, 0.1) is 13.8 Å². The van der Waals surface area contributed by atoms with E-state index < -0.39 is 0 Å². The molecule has 7 heteroatoms. The van der Waals surface area contributed by atoms with Crippen molar-refractivity contribution in [2.24, 2.45) is 4.99 Å². The van der Waals surface area contributed by atoms with Crippen LogP contribution in [0.4, 0.5) is 5.69 Å². The van der Waals surface area contributed by atoms with Crippen LogP contribution in [0.5, 0.6) is 11.5 Å². The Morgan fingerprint density at radius 1 is 1.00 bits per heavy atom. The van der Waals surface area contributed by atoms with Gasteiger partial charge in [-0.3, -0.25) is 4.99 Å². The molecule has 0 unspecified atom stereocenters. The lowest BCUT2D eigenvalue weighted by Gasteiger charge is -2.04. The number of phenols is 2. The molecule has 0 saturated carbocycles. The standard InChI is InChI=1S/C22H16Cl2N2O3/c1-11-5-18-20(6-12(11)2)29-22(26-18)16-9-15(3-4-19(16)27)25-10-13-7-14(23)8-17(24)21(13)28/h3-10,27-28H,1-2H3. The van der Waals surface area contributed by atoms with Crippen molar-refractivity contribution in [2.45, 2.75) is 13.8 Å². The van der Waals surface area contributed by atoms with Crippen LogP contribution in [0.25, 0.3) is 22.6 Å². The van der Waals surface area contributed by atoms with E-state index in [1.165, 1.54) is 18.3 Å². The molecule has 146 valence electrons. The summed E-state index contributed by atoms with van der Waals surface area (Å²) in [5.74, 6) is 0.217. The number of benzene rings is 3. The third-order valence-corrected chi connectivity index (χ3v) is 5.13. The largest absolute Gasteiger partial charge is 0.507 e. The quantitative estimate of drug-likeness (QED) is 0.362. The van der Waals surface area contributed by atoms with Gasteiger partial charge >= 0.3 is 0 Å². The summed E-state index contributed by atoms with van der Waals surface area (Å²) >= 11 is 11.9. The molecule has 5 nitrogen and oxygen atoms in total. The molecule has 0 saturated heterocycles. The molecule has 0 atom stereocenters. The average molecular weight is 427 g/mol. The predicted molar refractivity (Wildman–Crippen MR) is 116 cm³/mol. The predicted octanol–water partition coefficient (Wildman–Crippen LogP) is 6.58. The van der Waals surface area contributed by atoms with Gasteiger partial charge in [0.2, 0.25) is 5.89 Å². The summed E-state index contributed by atoms with van der Waals surface area (Å²) in [7, 11) is 0. The molecule has 0 aliphatic heterocycles.